The van der Waals surface area contributed by atoms with Gasteiger partial charge in [-0.25, -0.2) is 0 Å². The average molecular weight is 486 g/mol. The fourth-order valence-corrected chi connectivity index (χ4v) is 2.85. The van der Waals surface area contributed by atoms with E-state index in [1.807, 2.05) is 32.3 Å². The molecule has 2 rings (SSSR count). The van der Waals surface area contributed by atoms with Crippen molar-refractivity contribution < 1.29 is 9.15 Å². The second-order valence-corrected chi connectivity index (χ2v) is 6.44. The Morgan fingerprint density at radius 1 is 1.26 bits per heavy atom. The topological polar surface area (TPSA) is 62.0 Å². The van der Waals surface area contributed by atoms with E-state index in [2.05, 4.69) is 39.6 Å². The minimum absolute atomic E-state index is 0. The zero-order chi connectivity index (χ0) is 18.9. The number of nitrogens with zero attached hydrogens (tertiary/aromatic N) is 2. The number of methoxy groups -OCH3 is 1. The quantitative estimate of drug-likeness (QED) is 0.341. The van der Waals surface area contributed by atoms with Crippen LogP contribution in [-0.4, -0.2) is 52.2 Å². The zero-order valence-electron chi connectivity index (χ0n) is 16.8. The summed E-state index contributed by atoms with van der Waals surface area (Å²) in [5, 5.41) is 6.73. The molecule has 0 spiro atoms. The predicted octanol–water partition coefficient (Wildman–Crippen LogP) is 3.23. The largest absolute Gasteiger partial charge is 0.496 e. The van der Waals surface area contributed by atoms with Crippen molar-refractivity contribution >= 4 is 29.9 Å². The molecule has 0 bridgehead atoms. The first-order valence-corrected chi connectivity index (χ1v) is 8.83. The van der Waals surface area contributed by atoms with Crippen molar-refractivity contribution in [3.63, 3.8) is 0 Å². The van der Waals surface area contributed by atoms with Gasteiger partial charge in [-0.05, 0) is 51.2 Å². The van der Waals surface area contributed by atoms with E-state index >= 15 is 0 Å². The van der Waals surface area contributed by atoms with Crippen molar-refractivity contribution in [1.82, 2.24) is 15.5 Å². The van der Waals surface area contributed by atoms with Gasteiger partial charge in [-0.1, -0.05) is 17.7 Å². The van der Waals surface area contributed by atoms with Gasteiger partial charge in [0.25, 0.3) is 0 Å². The minimum atomic E-state index is 0. The second-order valence-electron chi connectivity index (χ2n) is 6.44. The van der Waals surface area contributed by atoms with Crippen LogP contribution in [0.4, 0.5) is 0 Å². The SMILES string of the molecule is CN=C(NCCc1cc(C)ccc1OC)NCC(c1ccco1)N(C)C.I. The molecule has 0 aliphatic rings. The smallest absolute Gasteiger partial charge is 0.191 e. The van der Waals surface area contributed by atoms with Gasteiger partial charge in [-0.15, -0.1) is 24.0 Å². The number of likely N-dealkylation sites (N-methyl/N-ethyl adjacent to an activating group) is 1. The summed E-state index contributed by atoms with van der Waals surface area (Å²) in [4.78, 5) is 6.43. The van der Waals surface area contributed by atoms with Crippen LogP contribution in [0.15, 0.2) is 46.0 Å². The lowest BCUT2D eigenvalue weighted by atomic mass is 10.1. The van der Waals surface area contributed by atoms with Crippen molar-refractivity contribution in [2.24, 2.45) is 4.99 Å². The molecule has 1 atom stereocenters. The molecule has 1 heterocycles. The summed E-state index contributed by atoms with van der Waals surface area (Å²) < 4.78 is 11.0. The Labute approximate surface area is 179 Å². The summed E-state index contributed by atoms with van der Waals surface area (Å²) in [6, 6.07) is 10.3. The summed E-state index contributed by atoms with van der Waals surface area (Å²) in [5.74, 6) is 2.63. The van der Waals surface area contributed by atoms with Crippen molar-refractivity contribution in [3.05, 3.63) is 53.5 Å². The van der Waals surface area contributed by atoms with Crippen molar-refractivity contribution in [2.45, 2.75) is 19.4 Å². The van der Waals surface area contributed by atoms with Crippen molar-refractivity contribution in [3.8, 4) is 5.75 Å². The highest BCUT2D eigenvalue weighted by Crippen LogP contribution is 2.20. The number of aliphatic imine (C=N–C) groups is 1. The van der Waals surface area contributed by atoms with Crippen LogP contribution in [0.5, 0.6) is 5.75 Å². The van der Waals surface area contributed by atoms with Gasteiger partial charge in [0.15, 0.2) is 5.96 Å². The predicted molar refractivity (Wildman–Crippen MR) is 121 cm³/mol. The Balaban J connectivity index is 0.00000364. The van der Waals surface area contributed by atoms with E-state index in [1.54, 1.807) is 20.4 Å². The van der Waals surface area contributed by atoms with Gasteiger partial charge in [0, 0.05) is 20.1 Å². The molecule has 1 aromatic carbocycles. The maximum atomic E-state index is 5.54. The van der Waals surface area contributed by atoms with Crippen LogP contribution >= 0.6 is 24.0 Å². The summed E-state index contributed by atoms with van der Waals surface area (Å²) in [5.41, 5.74) is 2.42. The maximum absolute atomic E-state index is 5.54. The summed E-state index contributed by atoms with van der Waals surface area (Å²) >= 11 is 0. The molecule has 1 unspecified atom stereocenters. The number of aryl methyl sites for hydroxylation is 1. The number of hydrogen-bond donors (Lipinski definition) is 2. The van der Waals surface area contributed by atoms with E-state index in [0.29, 0.717) is 6.54 Å². The fourth-order valence-electron chi connectivity index (χ4n) is 2.85. The van der Waals surface area contributed by atoms with Gasteiger partial charge in [0.1, 0.15) is 11.5 Å². The van der Waals surface area contributed by atoms with Crippen LogP contribution in [0, 0.1) is 6.92 Å². The third-order valence-electron chi connectivity index (χ3n) is 4.30. The molecule has 6 nitrogen and oxygen atoms in total. The molecule has 1 aromatic heterocycles. The molecule has 0 saturated carbocycles. The Kier molecular flexibility index (Phi) is 10.2. The minimum Gasteiger partial charge on any atom is -0.496 e. The number of halogens is 1. The zero-order valence-corrected chi connectivity index (χ0v) is 19.1. The first-order chi connectivity index (χ1) is 12.5. The Bertz CT molecular complexity index is 702. The Morgan fingerprint density at radius 3 is 2.63 bits per heavy atom. The number of benzene rings is 1. The van der Waals surface area contributed by atoms with Gasteiger partial charge in [0.05, 0.1) is 19.4 Å². The van der Waals surface area contributed by atoms with E-state index in [-0.39, 0.29) is 30.0 Å². The number of furan rings is 1. The molecular weight excluding hydrogens is 455 g/mol. The lowest BCUT2D eigenvalue weighted by molar-refractivity contribution is 0.258. The van der Waals surface area contributed by atoms with Crippen LogP contribution in [0.1, 0.15) is 22.9 Å². The number of nitrogens with one attached hydrogen (secondary N) is 2. The number of guanidine groups is 1. The van der Waals surface area contributed by atoms with Gasteiger partial charge >= 0.3 is 0 Å². The molecule has 0 amide bonds. The normalized spacial score (nSPS) is 12.4. The lowest BCUT2D eigenvalue weighted by Crippen LogP contribution is -2.42. The fraction of sp³-hybridized carbons (Fsp3) is 0.450. The third-order valence-corrected chi connectivity index (χ3v) is 4.30. The molecule has 0 aliphatic heterocycles. The van der Waals surface area contributed by atoms with Crippen molar-refractivity contribution in [1.29, 1.82) is 0 Å². The molecule has 0 saturated heterocycles. The molecule has 0 aliphatic carbocycles. The highest BCUT2D eigenvalue weighted by Gasteiger charge is 2.17. The number of ether oxygens (including phenoxy) is 1. The highest BCUT2D eigenvalue weighted by molar-refractivity contribution is 14.0. The van der Waals surface area contributed by atoms with Crippen LogP contribution < -0.4 is 15.4 Å². The first kappa shape index (κ1) is 23.3. The van der Waals surface area contributed by atoms with Gasteiger partial charge in [0.2, 0.25) is 0 Å². The summed E-state index contributed by atoms with van der Waals surface area (Å²) in [6.07, 6.45) is 2.56. The van der Waals surface area contributed by atoms with E-state index in [4.69, 9.17) is 9.15 Å². The van der Waals surface area contributed by atoms with Crippen LogP contribution in [0.2, 0.25) is 0 Å². The summed E-state index contributed by atoms with van der Waals surface area (Å²) in [7, 11) is 7.56. The van der Waals surface area contributed by atoms with E-state index < -0.39 is 0 Å². The molecule has 27 heavy (non-hydrogen) atoms. The number of rotatable bonds is 8. The molecule has 2 N–H and O–H groups in total. The standard InChI is InChI=1S/C20H30N4O2.HI/c1-15-8-9-18(25-5)16(13-15)10-11-22-20(21-2)23-14-17(24(3)4)19-7-6-12-26-19;/h6-9,12-13,17H,10-11,14H2,1-5H3,(H2,21,22,23);1H. The molecule has 0 radical (unpaired) electrons. The third kappa shape index (κ3) is 7.06. The van der Waals surface area contributed by atoms with Crippen LogP contribution in [-0.2, 0) is 6.42 Å². The van der Waals surface area contributed by atoms with Crippen LogP contribution in [0.25, 0.3) is 0 Å². The van der Waals surface area contributed by atoms with E-state index in [1.165, 1.54) is 11.1 Å². The molecular formula is C20H31IN4O2. The first-order valence-electron chi connectivity index (χ1n) is 8.83. The molecule has 7 heteroatoms. The van der Waals surface area contributed by atoms with Gasteiger partial charge in [-0.2, -0.15) is 0 Å². The Hall–Kier alpha value is -1.74. The molecule has 0 fully saturated rings. The van der Waals surface area contributed by atoms with E-state index in [9.17, 15) is 0 Å². The highest BCUT2D eigenvalue weighted by atomic mass is 127. The van der Waals surface area contributed by atoms with Gasteiger partial charge in [-0.3, -0.25) is 9.89 Å². The van der Waals surface area contributed by atoms with E-state index in [0.717, 1.165) is 30.4 Å². The lowest BCUT2D eigenvalue weighted by Gasteiger charge is -2.23. The number of hydrogen-bond acceptors (Lipinski definition) is 4. The average Bonchev–Trinajstić information content (AvgIpc) is 3.14. The van der Waals surface area contributed by atoms with Crippen LogP contribution in [0.3, 0.4) is 0 Å². The molecule has 2 aromatic rings. The maximum Gasteiger partial charge on any atom is 0.191 e. The van der Waals surface area contributed by atoms with Crippen molar-refractivity contribution in [2.75, 3.05) is 41.3 Å². The summed E-state index contributed by atoms with van der Waals surface area (Å²) in [6.45, 7) is 3.56. The Morgan fingerprint density at radius 2 is 2.04 bits per heavy atom. The molecule has 150 valence electrons. The van der Waals surface area contributed by atoms with Gasteiger partial charge < -0.3 is 19.8 Å². The monoisotopic (exact) mass is 486 g/mol. The second kappa shape index (κ2) is 11.9.